The van der Waals surface area contributed by atoms with Crippen LogP contribution >= 0.6 is 0 Å². The van der Waals surface area contributed by atoms with Crippen molar-refractivity contribution in [2.24, 2.45) is 16.7 Å². The van der Waals surface area contributed by atoms with Crippen LogP contribution in [0.2, 0.25) is 0 Å². The third kappa shape index (κ3) is 2.23. The topological polar surface area (TPSA) is 87.5 Å². The number of nitrogens with zero attached hydrogens (tertiary/aromatic N) is 1. The maximum atomic E-state index is 15.0. The average Bonchev–Trinajstić information content (AvgIpc) is 2.88. The number of halogens is 2. The molecule has 0 saturated carbocycles. The highest BCUT2D eigenvalue weighted by Crippen LogP contribution is 2.60. The number of hydrogen-bond donors (Lipinski definition) is 3. The molecule has 3 bridgehead atoms. The van der Waals surface area contributed by atoms with Crippen LogP contribution in [0.5, 0.6) is 0 Å². The molecule has 3 aliphatic heterocycles. The van der Waals surface area contributed by atoms with Crippen LogP contribution in [0.1, 0.15) is 23.2 Å². The van der Waals surface area contributed by atoms with Gasteiger partial charge in [0.1, 0.15) is 22.5 Å². The minimum Gasteiger partial charge on any atom is -0.293 e. The standard InChI is InChI=1S/C22H18F2N4O2/c23-15-7-3-1-5-13(15)17-21(19(29)26-25)9-11-22(12-10-21)18(28(17)27-20(22)30)14-6-2-4-8-16(14)24/h1-12,17-18H,25H2,(H,26,29)(H,27,30). The SMILES string of the molecule is NNC(=O)C12C=CC3(C=C1)C(=O)NN(C2c1ccccc1F)C3c1ccccc1F. The third-order valence-corrected chi connectivity index (χ3v) is 6.28. The second-order valence-electron chi connectivity index (χ2n) is 7.70. The lowest BCUT2D eigenvalue weighted by Crippen LogP contribution is -2.53. The highest BCUT2D eigenvalue weighted by Gasteiger charge is 2.64. The number of nitrogens with one attached hydrogen (secondary N) is 2. The van der Waals surface area contributed by atoms with Crippen molar-refractivity contribution in [3.63, 3.8) is 0 Å². The van der Waals surface area contributed by atoms with Crippen LogP contribution in [0.3, 0.4) is 0 Å². The zero-order valence-electron chi connectivity index (χ0n) is 15.7. The zero-order chi connectivity index (χ0) is 21.1. The summed E-state index contributed by atoms with van der Waals surface area (Å²) in [4.78, 5) is 26.1. The summed E-state index contributed by atoms with van der Waals surface area (Å²) < 4.78 is 29.8. The Kier molecular flexibility index (Phi) is 3.93. The van der Waals surface area contributed by atoms with Gasteiger partial charge in [-0.2, -0.15) is 0 Å². The van der Waals surface area contributed by atoms with Crippen LogP contribution < -0.4 is 16.7 Å². The number of hydrazine groups is 2. The first kappa shape index (κ1) is 18.7. The van der Waals surface area contributed by atoms with Crippen molar-refractivity contribution in [3.8, 4) is 0 Å². The Morgan fingerprint density at radius 3 is 2.00 bits per heavy atom. The van der Waals surface area contributed by atoms with Gasteiger partial charge in [-0.3, -0.25) is 20.4 Å². The number of rotatable bonds is 3. The summed E-state index contributed by atoms with van der Waals surface area (Å²) in [6.07, 6.45) is 6.32. The van der Waals surface area contributed by atoms with Gasteiger partial charge in [0.05, 0.1) is 12.1 Å². The Morgan fingerprint density at radius 1 is 0.933 bits per heavy atom. The van der Waals surface area contributed by atoms with Crippen molar-refractivity contribution in [1.29, 1.82) is 0 Å². The lowest BCUT2D eigenvalue weighted by molar-refractivity contribution is -0.133. The molecule has 0 aromatic heterocycles. The van der Waals surface area contributed by atoms with E-state index in [0.29, 0.717) is 0 Å². The van der Waals surface area contributed by atoms with E-state index in [-0.39, 0.29) is 17.0 Å². The van der Waals surface area contributed by atoms with E-state index in [0.717, 1.165) is 0 Å². The van der Waals surface area contributed by atoms with Crippen molar-refractivity contribution >= 4 is 11.8 Å². The summed E-state index contributed by atoms with van der Waals surface area (Å²) >= 11 is 0. The van der Waals surface area contributed by atoms with E-state index in [1.807, 2.05) is 0 Å². The molecule has 4 aliphatic rings. The lowest BCUT2D eigenvalue weighted by atomic mass is 9.69. The minimum absolute atomic E-state index is 0.177. The monoisotopic (exact) mass is 408 g/mol. The average molecular weight is 408 g/mol. The third-order valence-electron chi connectivity index (χ3n) is 6.28. The van der Waals surface area contributed by atoms with Gasteiger partial charge in [-0.25, -0.2) is 19.6 Å². The molecule has 2 aromatic carbocycles. The predicted octanol–water partition coefficient (Wildman–Crippen LogP) is 2.20. The maximum absolute atomic E-state index is 15.0. The summed E-state index contributed by atoms with van der Waals surface area (Å²) in [7, 11) is 0. The number of benzene rings is 2. The number of carbonyl (C=O) groups excluding carboxylic acids is 2. The summed E-state index contributed by atoms with van der Waals surface area (Å²) in [5.41, 5.74) is 2.71. The predicted molar refractivity (Wildman–Crippen MR) is 104 cm³/mol. The zero-order valence-corrected chi connectivity index (χ0v) is 15.7. The van der Waals surface area contributed by atoms with Crippen LogP contribution in [0, 0.1) is 22.5 Å². The molecule has 6 nitrogen and oxygen atoms in total. The molecule has 1 spiro atoms. The fraction of sp³-hybridized carbons (Fsp3) is 0.182. The molecule has 3 heterocycles. The second-order valence-corrected chi connectivity index (χ2v) is 7.70. The maximum Gasteiger partial charge on any atom is 0.250 e. The highest BCUT2D eigenvalue weighted by molar-refractivity contribution is 5.95. The quantitative estimate of drug-likeness (QED) is 0.315. The second kappa shape index (κ2) is 6.32. The molecule has 3 unspecified atom stereocenters. The first-order valence-electron chi connectivity index (χ1n) is 9.45. The Morgan fingerprint density at radius 2 is 1.47 bits per heavy atom. The van der Waals surface area contributed by atoms with E-state index in [9.17, 15) is 18.4 Å². The van der Waals surface area contributed by atoms with E-state index in [1.54, 1.807) is 54.6 Å². The molecule has 0 radical (unpaired) electrons. The van der Waals surface area contributed by atoms with Crippen molar-refractivity contribution in [1.82, 2.24) is 15.9 Å². The van der Waals surface area contributed by atoms with E-state index >= 15 is 0 Å². The molecule has 4 N–H and O–H groups in total. The summed E-state index contributed by atoms with van der Waals surface area (Å²) in [6.45, 7) is 0. The molecular weight excluding hydrogens is 390 g/mol. The largest absolute Gasteiger partial charge is 0.293 e. The van der Waals surface area contributed by atoms with Gasteiger partial charge in [-0.1, -0.05) is 60.7 Å². The highest BCUT2D eigenvalue weighted by atomic mass is 19.1. The number of amides is 2. The molecule has 1 fully saturated rings. The van der Waals surface area contributed by atoms with Crippen LogP contribution in [-0.4, -0.2) is 16.8 Å². The van der Waals surface area contributed by atoms with E-state index in [2.05, 4.69) is 10.9 Å². The van der Waals surface area contributed by atoms with Gasteiger partial charge in [-0.15, -0.1) is 0 Å². The summed E-state index contributed by atoms with van der Waals surface area (Å²) in [6, 6.07) is 10.3. The Balaban J connectivity index is 1.82. The molecule has 8 heteroatoms. The number of nitrogens with two attached hydrogens (primary N) is 1. The lowest BCUT2D eigenvalue weighted by Gasteiger charge is -2.41. The first-order chi connectivity index (χ1) is 14.4. The van der Waals surface area contributed by atoms with E-state index < -0.39 is 40.5 Å². The van der Waals surface area contributed by atoms with Gasteiger partial charge in [0.15, 0.2) is 0 Å². The Bertz CT molecular complexity index is 1120. The van der Waals surface area contributed by atoms with Crippen LogP contribution in [0.25, 0.3) is 0 Å². The first-order valence-corrected chi connectivity index (χ1v) is 9.45. The fourth-order valence-electron chi connectivity index (χ4n) is 4.86. The Hall–Kier alpha value is -3.36. The van der Waals surface area contributed by atoms with Gasteiger partial charge in [-0.05, 0) is 12.1 Å². The molecule has 3 atom stereocenters. The molecule has 6 rings (SSSR count). The molecule has 1 aliphatic carbocycles. The van der Waals surface area contributed by atoms with Gasteiger partial charge < -0.3 is 0 Å². The van der Waals surface area contributed by atoms with Crippen LogP contribution in [-0.2, 0) is 9.59 Å². The van der Waals surface area contributed by atoms with Gasteiger partial charge in [0.2, 0.25) is 11.8 Å². The minimum atomic E-state index is -1.41. The molecule has 2 aromatic rings. The van der Waals surface area contributed by atoms with Crippen molar-refractivity contribution < 1.29 is 18.4 Å². The van der Waals surface area contributed by atoms with Gasteiger partial charge >= 0.3 is 0 Å². The number of carbonyl (C=O) groups is 2. The van der Waals surface area contributed by atoms with Crippen LogP contribution in [0.4, 0.5) is 8.78 Å². The van der Waals surface area contributed by atoms with Gasteiger partial charge in [0, 0.05) is 11.1 Å². The van der Waals surface area contributed by atoms with E-state index in [4.69, 9.17) is 5.84 Å². The number of hydrogen-bond acceptors (Lipinski definition) is 4. The molecule has 2 amide bonds. The summed E-state index contributed by atoms with van der Waals surface area (Å²) in [5.74, 6) is 3.46. The Labute approximate surface area is 171 Å². The smallest absolute Gasteiger partial charge is 0.250 e. The van der Waals surface area contributed by atoms with Gasteiger partial charge in [0.25, 0.3) is 0 Å². The van der Waals surface area contributed by atoms with Crippen molar-refractivity contribution in [3.05, 3.63) is 95.6 Å². The molecule has 30 heavy (non-hydrogen) atoms. The normalized spacial score (nSPS) is 33.3. The van der Waals surface area contributed by atoms with E-state index in [1.165, 1.54) is 23.2 Å². The van der Waals surface area contributed by atoms with Crippen molar-refractivity contribution in [2.75, 3.05) is 0 Å². The summed E-state index contributed by atoms with van der Waals surface area (Å²) in [5, 5.41) is 1.48. The van der Waals surface area contributed by atoms with Crippen molar-refractivity contribution in [2.45, 2.75) is 12.1 Å². The molecule has 1 saturated heterocycles. The molecular formula is C22H18F2N4O2. The molecule has 152 valence electrons. The fourth-order valence-corrected chi connectivity index (χ4v) is 4.86. The van der Waals surface area contributed by atoms with Crippen LogP contribution in [0.15, 0.2) is 72.8 Å².